The van der Waals surface area contributed by atoms with E-state index in [4.69, 9.17) is 9.29 Å². The topological polar surface area (TPSA) is 80.7 Å². The van der Waals surface area contributed by atoms with Gasteiger partial charge in [-0.3, -0.25) is 9.35 Å². The molecule has 1 aromatic rings. The summed E-state index contributed by atoms with van der Waals surface area (Å²) >= 11 is 0. The molecule has 0 spiro atoms. The highest BCUT2D eigenvalue weighted by Crippen LogP contribution is 2.18. The van der Waals surface area contributed by atoms with E-state index in [2.05, 4.69) is 0 Å². The summed E-state index contributed by atoms with van der Waals surface area (Å²) < 4.78 is 48.1. The maximum atomic E-state index is 13.4. The average molecular weight is 304 g/mol. The molecule has 1 aromatic carbocycles. The van der Waals surface area contributed by atoms with E-state index in [1.165, 1.54) is 12.1 Å². The Morgan fingerprint density at radius 1 is 1.20 bits per heavy atom. The van der Waals surface area contributed by atoms with Gasteiger partial charge in [0.2, 0.25) is 0 Å². The summed E-state index contributed by atoms with van der Waals surface area (Å²) in [6, 6.07) is 3.98. The highest BCUT2D eigenvalue weighted by atomic mass is 32.2. The second kappa shape index (κ2) is 7.96. The van der Waals surface area contributed by atoms with Gasteiger partial charge in [0.05, 0.1) is 12.4 Å². The number of carbonyl (C=O) groups is 1. The van der Waals surface area contributed by atoms with Crippen molar-refractivity contribution in [3.8, 4) is 5.75 Å². The Morgan fingerprint density at radius 3 is 2.50 bits per heavy atom. The van der Waals surface area contributed by atoms with Crippen molar-refractivity contribution >= 4 is 16.4 Å². The van der Waals surface area contributed by atoms with Gasteiger partial charge in [0.25, 0.3) is 10.1 Å². The number of halogens is 1. The smallest absolute Gasteiger partial charge is 0.264 e. The summed E-state index contributed by atoms with van der Waals surface area (Å²) in [7, 11) is -3.88. The number of aldehydes is 1. The van der Waals surface area contributed by atoms with Crippen molar-refractivity contribution in [3.63, 3.8) is 0 Å². The van der Waals surface area contributed by atoms with Crippen molar-refractivity contribution in [1.29, 1.82) is 0 Å². The predicted molar refractivity (Wildman–Crippen MR) is 72.2 cm³/mol. The quantitative estimate of drug-likeness (QED) is 0.430. The van der Waals surface area contributed by atoms with E-state index in [0.29, 0.717) is 32.2 Å². The summed E-state index contributed by atoms with van der Waals surface area (Å²) in [6.07, 6.45) is 2.98. The van der Waals surface area contributed by atoms with Crippen LogP contribution in [-0.2, 0) is 10.1 Å². The highest BCUT2D eigenvalue weighted by Gasteiger charge is 2.05. The lowest BCUT2D eigenvalue weighted by Crippen LogP contribution is -2.04. The Labute approximate surface area is 117 Å². The fourth-order valence-electron chi connectivity index (χ4n) is 1.63. The summed E-state index contributed by atoms with van der Waals surface area (Å²) in [5.74, 6) is -0.732. The van der Waals surface area contributed by atoms with E-state index in [9.17, 15) is 17.6 Å². The van der Waals surface area contributed by atoms with Crippen LogP contribution in [0.2, 0.25) is 0 Å². The van der Waals surface area contributed by atoms with Gasteiger partial charge in [0.1, 0.15) is 6.29 Å². The van der Waals surface area contributed by atoms with Crippen LogP contribution >= 0.6 is 0 Å². The van der Waals surface area contributed by atoms with Crippen molar-refractivity contribution in [2.24, 2.45) is 0 Å². The predicted octanol–water partition coefficient (Wildman–Crippen LogP) is 2.47. The summed E-state index contributed by atoms with van der Waals surface area (Å²) in [4.78, 5) is 10.4. The van der Waals surface area contributed by atoms with Crippen LogP contribution in [0.5, 0.6) is 5.75 Å². The van der Waals surface area contributed by atoms with Crippen LogP contribution < -0.4 is 4.74 Å². The Morgan fingerprint density at radius 2 is 1.90 bits per heavy atom. The van der Waals surface area contributed by atoms with Crippen molar-refractivity contribution in [1.82, 2.24) is 0 Å². The molecule has 0 fully saturated rings. The monoisotopic (exact) mass is 304 g/mol. The van der Waals surface area contributed by atoms with E-state index in [-0.39, 0.29) is 17.1 Å². The van der Waals surface area contributed by atoms with Crippen LogP contribution in [0.15, 0.2) is 18.2 Å². The van der Waals surface area contributed by atoms with Gasteiger partial charge in [-0.1, -0.05) is 12.8 Å². The first-order valence-electron chi connectivity index (χ1n) is 6.25. The number of hydrogen-bond acceptors (Lipinski definition) is 4. The zero-order chi connectivity index (χ0) is 15.0. The molecule has 20 heavy (non-hydrogen) atoms. The molecular formula is C13H17FO5S. The molecule has 0 heterocycles. The maximum absolute atomic E-state index is 13.4. The fraction of sp³-hybridized carbons (Fsp3) is 0.462. The first-order chi connectivity index (χ1) is 9.42. The molecule has 1 N–H and O–H groups in total. The first kappa shape index (κ1) is 16.6. The van der Waals surface area contributed by atoms with Gasteiger partial charge in [0.15, 0.2) is 11.6 Å². The van der Waals surface area contributed by atoms with Crippen molar-refractivity contribution in [2.75, 3.05) is 12.4 Å². The second-order valence-corrected chi connectivity index (χ2v) is 5.93. The molecule has 1 rings (SSSR count). The minimum atomic E-state index is -3.88. The molecule has 0 aliphatic heterocycles. The number of carbonyl (C=O) groups excluding carboxylic acids is 1. The number of ether oxygens (including phenoxy) is 1. The van der Waals surface area contributed by atoms with Crippen molar-refractivity contribution < 1.29 is 26.9 Å². The lowest BCUT2D eigenvalue weighted by Gasteiger charge is -2.07. The van der Waals surface area contributed by atoms with Gasteiger partial charge in [0, 0.05) is 5.56 Å². The third-order valence-electron chi connectivity index (χ3n) is 2.65. The van der Waals surface area contributed by atoms with E-state index in [1.807, 2.05) is 0 Å². The van der Waals surface area contributed by atoms with Gasteiger partial charge >= 0.3 is 0 Å². The van der Waals surface area contributed by atoms with Gasteiger partial charge in [-0.2, -0.15) is 8.42 Å². The average Bonchev–Trinajstić information content (AvgIpc) is 2.37. The largest absolute Gasteiger partial charge is 0.491 e. The van der Waals surface area contributed by atoms with Crippen LogP contribution in [0.1, 0.15) is 36.0 Å². The Bertz CT molecular complexity index is 542. The van der Waals surface area contributed by atoms with E-state index in [1.54, 1.807) is 0 Å². The van der Waals surface area contributed by atoms with E-state index >= 15 is 0 Å². The lowest BCUT2D eigenvalue weighted by atomic mass is 10.2. The summed E-state index contributed by atoms with van der Waals surface area (Å²) in [5, 5.41) is 0. The van der Waals surface area contributed by atoms with Crippen LogP contribution in [0.3, 0.4) is 0 Å². The molecule has 5 nitrogen and oxygen atoms in total. The van der Waals surface area contributed by atoms with Crippen LogP contribution in [0, 0.1) is 5.82 Å². The Hall–Kier alpha value is -1.47. The number of unbranched alkanes of at least 4 members (excludes halogenated alkanes) is 3. The van der Waals surface area contributed by atoms with E-state index in [0.717, 1.165) is 12.5 Å². The normalized spacial score (nSPS) is 11.3. The SMILES string of the molecule is O=Cc1ccc(OCCCCCCS(=O)(=O)O)c(F)c1. The molecule has 112 valence electrons. The zero-order valence-electron chi connectivity index (χ0n) is 10.9. The first-order valence-corrected chi connectivity index (χ1v) is 7.86. The van der Waals surface area contributed by atoms with Gasteiger partial charge in [-0.25, -0.2) is 4.39 Å². The lowest BCUT2D eigenvalue weighted by molar-refractivity contribution is 0.112. The van der Waals surface area contributed by atoms with Crippen LogP contribution in [0.4, 0.5) is 4.39 Å². The molecule has 0 saturated carbocycles. The second-order valence-electron chi connectivity index (χ2n) is 4.36. The Balaban J connectivity index is 2.20. The van der Waals surface area contributed by atoms with E-state index < -0.39 is 15.9 Å². The summed E-state index contributed by atoms with van der Waals surface area (Å²) in [5.41, 5.74) is 0.250. The van der Waals surface area contributed by atoms with Crippen LogP contribution in [0.25, 0.3) is 0 Å². The minimum Gasteiger partial charge on any atom is -0.491 e. The van der Waals surface area contributed by atoms with Gasteiger partial charge in [-0.15, -0.1) is 0 Å². The minimum absolute atomic E-state index is 0.0912. The third kappa shape index (κ3) is 6.63. The molecule has 0 aliphatic carbocycles. The molecule has 0 unspecified atom stereocenters. The zero-order valence-corrected chi connectivity index (χ0v) is 11.7. The fourth-order valence-corrected chi connectivity index (χ4v) is 2.20. The molecule has 0 saturated heterocycles. The standard InChI is InChI=1S/C13H17FO5S/c14-12-9-11(10-15)5-6-13(12)19-7-3-1-2-4-8-20(16,17)18/h5-6,9-10H,1-4,7-8H2,(H,16,17,18). The maximum Gasteiger partial charge on any atom is 0.264 e. The summed E-state index contributed by atoms with van der Waals surface area (Å²) in [6.45, 7) is 0.309. The van der Waals surface area contributed by atoms with Crippen molar-refractivity contribution in [3.05, 3.63) is 29.6 Å². The number of hydrogen-bond donors (Lipinski definition) is 1. The van der Waals surface area contributed by atoms with Crippen molar-refractivity contribution in [2.45, 2.75) is 25.7 Å². The number of rotatable bonds is 9. The van der Waals surface area contributed by atoms with Gasteiger partial charge < -0.3 is 4.74 Å². The molecule has 0 atom stereocenters. The van der Waals surface area contributed by atoms with Crippen LogP contribution in [-0.4, -0.2) is 31.6 Å². The molecule has 0 bridgehead atoms. The molecule has 0 aliphatic rings. The molecule has 0 aromatic heterocycles. The molecule has 0 amide bonds. The number of benzene rings is 1. The molecule has 0 radical (unpaired) electrons. The van der Waals surface area contributed by atoms with Gasteiger partial charge in [-0.05, 0) is 31.0 Å². The third-order valence-corrected chi connectivity index (χ3v) is 3.45. The highest BCUT2D eigenvalue weighted by molar-refractivity contribution is 7.85. The molecule has 7 heteroatoms. The molecular weight excluding hydrogens is 287 g/mol. The Kier molecular flexibility index (Phi) is 6.60.